The molecule has 6 nitrogen and oxygen atoms in total. The Morgan fingerprint density at radius 2 is 2.10 bits per heavy atom. The Labute approximate surface area is 118 Å². The molecule has 1 aliphatic heterocycles. The van der Waals surface area contributed by atoms with Crippen LogP contribution in [0.4, 0.5) is 0 Å². The van der Waals surface area contributed by atoms with Crippen LogP contribution < -0.4 is 15.8 Å². The van der Waals surface area contributed by atoms with E-state index in [1.165, 1.54) is 0 Å². The first kappa shape index (κ1) is 14.8. The quantitative estimate of drug-likeness (QED) is 0.833. The second-order valence-electron chi connectivity index (χ2n) is 4.92. The molecule has 0 aromatic heterocycles. The fourth-order valence-electron chi connectivity index (χ4n) is 2.02. The smallest absolute Gasteiger partial charge is 0.255 e. The van der Waals surface area contributed by atoms with Crippen molar-refractivity contribution < 1.29 is 17.9 Å². The zero-order valence-corrected chi connectivity index (χ0v) is 12.2. The van der Waals surface area contributed by atoms with E-state index in [0.717, 1.165) is 6.26 Å². The van der Waals surface area contributed by atoms with Gasteiger partial charge in [-0.1, -0.05) is 6.07 Å². The van der Waals surface area contributed by atoms with Crippen LogP contribution in [0.5, 0.6) is 5.75 Å². The van der Waals surface area contributed by atoms with E-state index in [0.29, 0.717) is 30.0 Å². The highest BCUT2D eigenvalue weighted by molar-refractivity contribution is 7.91. The summed E-state index contributed by atoms with van der Waals surface area (Å²) in [6.07, 6.45) is 1.15. The molecule has 0 spiro atoms. The van der Waals surface area contributed by atoms with E-state index in [2.05, 4.69) is 5.32 Å². The third-order valence-electron chi connectivity index (χ3n) is 3.46. The van der Waals surface area contributed by atoms with E-state index >= 15 is 0 Å². The number of carbonyl (C=O) groups excluding carboxylic acids is 1. The first-order valence-electron chi connectivity index (χ1n) is 6.30. The lowest BCUT2D eigenvalue weighted by molar-refractivity contribution is 0.0957. The number of ether oxygens (including phenoxy) is 1. The number of amides is 1. The molecule has 2 rings (SSSR count). The Morgan fingerprint density at radius 3 is 2.75 bits per heavy atom. The molecule has 3 N–H and O–H groups in total. The molecule has 1 heterocycles. The first-order chi connectivity index (χ1) is 9.30. The minimum Gasteiger partial charge on any atom is -0.491 e. The summed E-state index contributed by atoms with van der Waals surface area (Å²) < 4.78 is 28.6. The van der Waals surface area contributed by atoms with Crippen molar-refractivity contribution in [2.24, 2.45) is 5.73 Å². The van der Waals surface area contributed by atoms with Crippen LogP contribution >= 0.6 is 0 Å². The van der Waals surface area contributed by atoms with Gasteiger partial charge in [0, 0.05) is 12.3 Å². The van der Waals surface area contributed by atoms with E-state index in [1.807, 2.05) is 0 Å². The molecular weight excluding hydrogens is 280 g/mol. The van der Waals surface area contributed by atoms with Crippen LogP contribution in [-0.2, 0) is 9.84 Å². The minimum atomic E-state index is -3.25. The third kappa shape index (κ3) is 2.94. The molecule has 0 saturated heterocycles. The van der Waals surface area contributed by atoms with Gasteiger partial charge in [0.05, 0.1) is 17.4 Å². The predicted octanol–water partition coefficient (Wildman–Crippen LogP) is 0.242. The van der Waals surface area contributed by atoms with E-state index in [9.17, 15) is 13.2 Å². The highest BCUT2D eigenvalue weighted by atomic mass is 32.2. The zero-order chi connectivity index (χ0) is 14.9. The van der Waals surface area contributed by atoms with Crippen molar-refractivity contribution in [3.63, 3.8) is 0 Å². The molecule has 7 heteroatoms. The number of sulfone groups is 1. The summed E-state index contributed by atoms with van der Waals surface area (Å²) in [7, 11) is -3.25. The van der Waals surface area contributed by atoms with Crippen LogP contribution in [0.1, 0.15) is 28.9 Å². The predicted molar refractivity (Wildman–Crippen MR) is 75.5 cm³/mol. The summed E-state index contributed by atoms with van der Waals surface area (Å²) in [5.41, 5.74) is 6.98. The fourth-order valence-corrected chi connectivity index (χ4v) is 2.71. The van der Waals surface area contributed by atoms with Crippen molar-refractivity contribution in [2.45, 2.75) is 18.2 Å². The summed E-state index contributed by atoms with van der Waals surface area (Å²) in [6.45, 7) is 2.40. The number of hydrogen-bond donors (Lipinski definition) is 2. The lowest BCUT2D eigenvalue weighted by Gasteiger charge is -2.19. The van der Waals surface area contributed by atoms with Crippen molar-refractivity contribution in [1.82, 2.24) is 5.32 Å². The topological polar surface area (TPSA) is 98.5 Å². The molecule has 1 aliphatic rings. The molecule has 0 bridgehead atoms. The SMILES string of the molecule is CC(C(N)c1ccc2c(c1)C(=O)NCCO2)S(C)(=O)=O. The molecule has 2 atom stereocenters. The molecule has 0 aliphatic carbocycles. The van der Waals surface area contributed by atoms with Gasteiger partial charge in [-0.25, -0.2) is 8.42 Å². The number of hydrogen-bond acceptors (Lipinski definition) is 5. The lowest BCUT2D eigenvalue weighted by Crippen LogP contribution is -2.30. The molecule has 2 unspecified atom stereocenters. The average Bonchev–Trinajstić information content (AvgIpc) is 2.58. The van der Waals surface area contributed by atoms with Gasteiger partial charge in [-0.3, -0.25) is 4.79 Å². The van der Waals surface area contributed by atoms with Crippen LogP contribution in [-0.4, -0.2) is 39.0 Å². The van der Waals surface area contributed by atoms with Crippen LogP contribution in [0.3, 0.4) is 0 Å². The number of fused-ring (bicyclic) bond motifs is 1. The summed E-state index contributed by atoms with van der Waals surface area (Å²) in [5.74, 6) is 0.251. The summed E-state index contributed by atoms with van der Waals surface area (Å²) in [6, 6.07) is 4.27. The number of carbonyl (C=O) groups is 1. The highest BCUT2D eigenvalue weighted by Gasteiger charge is 2.26. The second kappa shape index (κ2) is 5.41. The van der Waals surface area contributed by atoms with E-state index in [-0.39, 0.29) is 5.91 Å². The van der Waals surface area contributed by atoms with E-state index in [4.69, 9.17) is 10.5 Å². The van der Waals surface area contributed by atoms with Crippen LogP contribution in [0.25, 0.3) is 0 Å². The van der Waals surface area contributed by atoms with Gasteiger partial charge in [0.15, 0.2) is 9.84 Å². The highest BCUT2D eigenvalue weighted by Crippen LogP contribution is 2.26. The molecule has 0 saturated carbocycles. The van der Waals surface area contributed by atoms with Gasteiger partial charge in [-0.2, -0.15) is 0 Å². The van der Waals surface area contributed by atoms with Crippen molar-refractivity contribution in [2.75, 3.05) is 19.4 Å². The van der Waals surface area contributed by atoms with Crippen LogP contribution in [0.15, 0.2) is 18.2 Å². The minimum absolute atomic E-state index is 0.237. The molecule has 1 aromatic carbocycles. The van der Waals surface area contributed by atoms with Gasteiger partial charge < -0.3 is 15.8 Å². The number of nitrogens with two attached hydrogens (primary N) is 1. The van der Waals surface area contributed by atoms with Crippen molar-refractivity contribution >= 4 is 15.7 Å². The normalized spacial score (nSPS) is 18.2. The first-order valence-corrected chi connectivity index (χ1v) is 8.25. The molecule has 110 valence electrons. The Morgan fingerprint density at radius 1 is 1.40 bits per heavy atom. The molecule has 0 fully saturated rings. The third-order valence-corrected chi connectivity index (χ3v) is 5.10. The van der Waals surface area contributed by atoms with E-state index < -0.39 is 21.1 Å². The summed E-state index contributed by atoms with van der Waals surface area (Å²) >= 11 is 0. The van der Waals surface area contributed by atoms with Gasteiger partial charge in [0.25, 0.3) is 5.91 Å². The standard InChI is InChI=1S/C13H18N2O4S/c1-8(20(2,17)18)12(14)9-3-4-11-10(7-9)13(16)15-5-6-19-11/h3-4,7-8,12H,5-6,14H2,1-2H3,(H,15,16). The molecular formula is C13H18N2O4S. The largest absolute Gasteiger partial charge is 0.491 e. The molecule has 20 heavy (non-hydrogen) atoms. The lowest BCUT2D eigenvalue weighted by atomic mass is 10.0. The van der Waals surface area contributed by atoms with Gasteiger partial charge in [-0.15, -0.1) is 0 Å². The Kier molecular flexibility index (Phi) is 4.01. The van der Waals surface area contributed by atoms with Gasteiger partial charge in [-0.05, 0) is 24.6 Å². The van der Waals surface area contributed by atoms with Crippen molar-refractivity contribution in [3.05, 3.63) is 29.3 Å². The van der Waals surface area contributed by atoms with Crippen molar-refractivity contribution in [1.29, 1.82) is 0 Å². The monoisotopic (exact) mass is 298 g/mol. The number of benzene rings is 1. The summed E-state index contributed by atoms with van der Waals surface area (Å²) in [4.78, 5) is 11.9. The Hall–Kier alpha value is -1.60. The van der Waals surface area contributed by atoms with Gasteiger partial charge >= 0.3 is 0 Å². The molecule has 0 radical (unpaired) electrons. The van der Waals surface area contributed by atoms with Crippen LogP contribution in [0.2, 0.25) is 0 Å². The van der Waals surface area contributed by atoms with Gasteiger partial charge in [0.2, 0.25) is 0 Å². The summed E-state index contributed by atoms with van der Waals surface area (Å²) in [5, 5.41) is 1.98. The van der Waals surface area contributed by atoms with Crippen LogP contribution in [0, 0.1) is 0 Å². The molecule has 1 aromatic rings. The molecule has 1 amide bonds. The second-order valence-corrected chi connectivity index (χ2v) is 7.32. The Balaban J connectivity index is 2.38. The average molecular weight is 298 g/mol. The number of rotatable bonds is 3. The fraction of sp³-hybridized carbons (Fsp3) is 0.462. The Bertz CT molecular complexity index is 627. The van der Waals surface area contributed by atoms with Gasteiger partial charge in [0.1, 0.15) is 12.4 Å². The zero-order valence-electron chi connectivity index (χ0n) is 11.4. The van der Waals surface area contributed by atoms with Crippen molar-refractivity contribution in [3.8, 4) is 5.75 Å². The number of nitrogens with one attached hydrogen (secondary N) is 1. The van der Waals surface area contributed by atoms with E-state index in [1.54, 1.807) is 25.1 Å². The maximum atomic E-state index is 11.9. The maximum Gasteiger partial charge on any atom is 0.255 e. The maximum absolute atomic E-state index is 11.9.